The summed E-state index contributed by atoms with van der Waals surface area (Å²) in [6.07, 6.45) is 4.28. The van der Waals surface area contributed by atoms with Crippen molar-refractivity contribution in [3.8, 4) is 0 Å². The highest BCUT2D eigenvalue weighted by Crippen LogP contribution is 2.31. The molecule has 6 nitrogen and oxygen atoms in total. The van der Waals surface area contributed by atoms with Crippen molar-refractivity contribution in [2.45, 2.75) is 23.1 Å². The number of rotatable bonds is 6. The molecule has 0 aliphatic heterocycles. The van der Waals surface area contributed by atoms with Gasteiger partial charge in [-0.2, -0.15) is 0 Å². The molecule has 0 radical (unpaired) electrons. The SMILES string of the molecule is Cc1ccc(Sc2cocc2CC(=O)C(=O)c2nc[nH]n2)cc1. The number of nitrogens with zero attached hydrogens (tertiary/aromatic N) is 2. The number of hydrogen-bond acceptors (Lipinski definition) is 6. The first-order valence-electron chi connectivity index (χ1n) is 6.86. The van der Waals surface area contributed by atoms with Gasteiger partial charge >= 0.3 is 0 Å². The number of H-pyrrole nitrogens is 1. The molecule has 0 spiro atoms. The average molecular weight is 327 g/mol. The van der Waals surface area contributed by atoms with Crippen LogP contribution in [-0.2, 0) is 11.2 Å². The van der Waals surface area contributed by atoms with E-state index in [2.05, 4.69) is 15.2 Å². The molecule has 1 N–H and O–H groups in total. The fourth-order valence-electron chi connectivity index (χ4n) is 1.96. The van der Waals surface area contributed by atoms with E-state index in [1.165, 1.54) is 29.9 Å². The molecule has 0 fully saturated rings. The number of furan rings is 1. The topological polar surface area (TPSA) is 88.9 Å². The minimum absolute atomic E-state index is 0.0436. The Morgan fingerprint density at radius 3 is 2.70 bits per heavy atom. The quantitative estimate of drug-likeness (QED) is 0.553. The van der Waals surface area contributed by atoms with E-state index in [0.29, 0.717) is 5.56 Å². The third-order valence-corrected chi connectivity index (χ3v) is 4.26. The van der Waals surface area contributed by atoms with Gasteiger partial charge < -0.3 is 4.42 Å². The number of hydrogen-bond donors (Lipinski definition) is 1. The molecule has 0 aliphatic rings. The summed E-state index contributed by atoms with van der Waals surface area (Å²) in [7, 11) is 0. The second-order valence-corrected chi connectivity index (χ2v) is 6.04. The zero-order valence-corrected chi connectivity index (χ0v) is 13.1. The summed E-state index contributed by atoms with van der Waals surface area (Å²) in [5.74, 6) is -1.40. The summed E-state index contributed by atoms with van der Waals surface area (Å²) in [6, 6.07) is 8.02. The fourth-order valence-corrected chi connectivity index (χ4v) is 2.84. The second kappa shape index (κ2) is 6.62. The Hall–Kier alpha value is -2.67. The number of carbonyl (C=O) groups excluding carboxylic acids is 2. The first kappa shape index (κ1) is 15.2. The van der Waals surface area contributed by atoms with Gasteiger partial charge in [0.25, 0.3) is 5.78 Å². The summed E-state index contributed by atoms with van der Waals surface area (Å²) >= 11 is 1.49. The molecule has 0 bridgehead atoms. The molecule has 116 valence electrons. The van der Waals surface area contributed by atoms with E-state index in [1.807, 2.05) is 31.2 Å². The Labute approximate surface area is 136 Å². The Morgan fingerprint density at radius 1 is 1.22 bits per heavy atom. The lowest BCUT2D eigenvalue weighted by molar-refractivity contribution is -0.114. The van der Waals surface area contributed by atoms with E-state index in [1.54, 1.807) is 6.26 Å². The lowest BCUT2D eigenvalue weighted by Gasteiger charge is -2.02. The van der Waals surface area contributed by atoms with E-state index in [-0.39, 0.29) is 12.2 Å². The molecule has 0 aliphatic carbocycles. The maximum absolute atomic E-state index is 12.1. The van der Waals surface area contributed by atoms with Gasteiger partial charge in [-0.25, -0.2) is 4.98 Å². The molecular formula is C16H13N3O3S. The molecule has 0 amide bonds. The normalized spacial score (nSPS) is 10.7. The maximum Gasteiger partial charge on any atom is 0.267 e. The number of Topliss-reactive ketones (excluding diaryl/α,β-unsaturated/α-hetero) is 2. The minimum atomic E-state index is -0.710. The molecule has 3 rings (SSSR count). The van der Waals surface area contributed by atoms with Crippen molar-refractivity contribution in [2.75, 3.05) is 0 Å². The van der Waals surface area contributed by atoms with Gasteiger partial charge in [-0.05, 0) is 19.1 Å². The second-order valence-electron chi connectivity index (χ2n) is 4.93. The third kappa shape index (κ3) is 3.57. The van der Waals surface area contributed by atoms with Gasteiger partial charge in [-0.1, -0.05) is 29.5 Å². The number of benzene rings is 1. The van der Waals surface area contributed by atoms with Gasteiger partial charge in [0, 0.05) is 16.9 Å². The van der Waals surface area contributed by atoms with Crippen LogP contribution < -0.4 is 0 Å². The zero-order valence-electron chi connectivity index (χ0n) is 12.3. The summed E-state index contributed by atoms with van der Waals surface area (Å²) in [5.41, 5.74) is 1.85. The Bertz CT molecular complexity index is 823. The maximum atomic E-state index is 12.1. The zero-order chi connectivity index (χ0) is 16.2. The fraction of sp³-hybridized carbons (Fsp3) is 0.125. The van der Waals surface area contributed by atoms with E-state index in [9.17, 15) is 9.59 Å². The van der Waals surface area contributed by atoms with Crippen LogP contribution in [0.3, 0.4) is 0 Å². The van der Waals surface area contributed by atoms with Crippen LogP contribution in [0.2, 0.25) is 0 Å². The predicted octanol–water partition coefficient (Wildman–Crippen LogP) is 2.85. The molecule has 7 heteroatoms. The largest absolute Gasteiger partial charge is 0.471 e. The first-order valence-corrected chi connectivity index (χ1v) is 7.68. The molecule has 2 heterocycles. The van der Waals surface area contributed by atoms with Crippen molar-refractivity contribution in [2.24, 2.45) is 0 Å². The van der Waals surface area contributed by atoms with Crippen LogP contribution in [-0.4, -0.2) is 26.7 Å². The first-order chi connectivity index (χ1) is 11.1. The highest BCUT2D eigenvalue weighted by molar-refractivity contribution is 7.99. The Morgan fingerprint density at radius 2 is 2.00 bits per heavy atom. The van der Waals surface area contributed by atoms with E-state index < -0.39 is 11.6 Å². The Kier molecular flexibility index (Phi) is 4.38. The number of aryl methyl sites for hydroxylation is 1. The number of aromatic amines is 1. The van der Waals surface area contributed by atoms with Gasteiger partial charge in [0.1, 0.15) is 12.6 Å². The predicted molar refractivity (Wildman–Crippen MR) is 83.4 cm³/mol. The van der Waals surface area contributed by atoms with Crippen molar-refractivity contribution in [1.29, 1.82) is 0 Å². The van der Waals surface area contributed by atoms with Crippen LogP contribution in [0.5, 0.6) is 0 Å². The smallest absolute Gasteiger partial charge is 0.267 e. The van der Waals surface area contributed by atoms with Crippen LogP contribution >= 0.6 is 11.8 Å². The molecule has 0 atom stereocenters. The number of nitrogens with one attached hydrogen (secondary N) is 1. The average Bonchev–Trinajstić information content (AvgIpc) is 3.21. The van der Waals surface area contributed by atoms with Crippen molar-refractivity contribution in [3.05, 3.63) is 60.1 Å². The lowest BCUT2D eigenvalue weighted by Crippen LogP contribution is -2.18. The van der Waals surface area contributed by atoms with E-state index in [4.69, 9.17) is 4.42 Å². The van der Waals surface area contributed by atoms with Crippen molar-refractivity contribution in [3.63, 3.8) is 0 Å². The monoisotopic (exact) mass is 327 g/mol. The summed E-state index contributed by atoms with van der Waals surface area (Å²) < 4.78 is 5.19. The highest BCUT2D eigenvalue weighted by Gasteiger charge is 2.22. The van der Waals surface area contributed by atoms with Crippen LogP contribution in [0.25, 0.3) is 0 Å². The van der Waals surface area contributed by atoms with Crippen LogP contribution in [0, 0.1) is 6.92 Å². The van der Waals surface area contributed by atoms with Crippen LogP contribution in [0.1, 0.15) is 21.7 Å². The van der Waals surface area contributed by atoms with Crippen molar-refractivity contribution < 1.29 is 14.0 Å². The van der Waals surface area contributed by atoms with Gasteiger partial charge in [0.05, 0.1) is 11.2 Å². The molecule has 0 unspecified atom stereocenters. The molecule has 1 aromatic carbocycles. The van der Waals surface area contributed by atoms with Gasteiger partial charge in [-0.15, -0.1) is 5.10 Å². The van der Waals surface area contributed by atoms with Gasteiger partial charge in [-0.3, -0.25) is 14.7 Å². The summed E-state index contributed by atoms with van der Waals surface area (Å²) in [5, 5.41) is 6.05. The summed E-state index contributed by atoms with van der Waals surface area (Å²) in [6.45, 7) is 2.02. The van der Waals surface area contributed by atoms with Gasteiger partial charge in [0.15, 0.2) is 0 Å². The lowest BCUT2D eigenvalue weighted by atomic mass is 10.1. The number of carbonyl (C=O) groups is 2. The molecule has 2 aromatic heterocycles. The van der Waals surface area contributed by atoms with Crippen LogP contribution in [0.15, 0.2) is 57.3 Å². The number of aromatic nitrogens is 3. The third-order valence-electron chi connectivity index (χ3n) is 3.17. The van der Waals surface area contributed by atoms with Gasteiger partial charge in [0.2, 0.25) is 11.6 Å². The summed E-state index contributed by atoms with van der Waals surface area (Å²) in [4.78, 5) is 29.5. The molecular weight excluding hydrogens is 314 g/mol. The molecule has 3 aromatic rings. The van der Waals surface area contributed by atoms with Crippen molar-refractivity contribution >= 4 is 23.3 Å². The minimum Gasteiger partial charge on any atom is -0.471 e. The van der Waals surface area contributed by atoms with E-state index >= 15 is 0 Å². The van der Waals surface area contributed by atoms with E-state index in [0.717, 1.165) is 9.79 Å². The molecule has 0 saturated carbocycles. The Balaban J connectivity index is 1.72. The standard InChI is InChI=1S/C16H13N3O3S/c1-10-2-4-12(5-3-10)23-14-8-22-7-11(14)6-13(20)15(21)16-17-9-18-19-16/h2-5,7-9H,6H2,1H3,(H,17,18,19). The molecule has 0 saturated heterocycles. The highest BCUT2D eigenvalue weighted by atomic mass is 32.2. The number of ketones is 2. The van der Waals surface area contributed by atoms with Crippen LogP contribution in [0.4, 0.5) is 0 Å². The van der Waals surface area contributed by atoms with Crippen molar-refractivity contribution in [1.82, 2.24) is 15.2 Å². The molecule has 23 heavy (non-hydrogen) atoms.